The third kappa shape index (κ3) is 3.78. The number of carbonyl (C=O) groups is 1. The van der Waals surface area contributed by atoms with E-state index in [4.69, 9.17) is 9.47 Å². The lowest BCUT2D eigenvalue weighted by Crippen LogP contribution is -2.26. The van der Waals surface area contributed by atoms with Gasteiger partial charge in [0.25, 0.3) is 5.91 Å². The average molecular weight is 339 g/mol. The Hall–Kier alpha value is -2.49. The van der Waals surface area contributed by atoms with E-state index < -0.39 is 0 Å². The Labute approximate surface area is 149 Å². The lowest BCUT2D eigenvalue weighted by molar-refractivity contribution is 0.0785. The maximum Gasteiger partial charge on any atom is 0.253 e. The summed E-state index contributed by atoms with van der Waals surface area (Å²) >= 11 is 0. The summed E-state index contributed by atoms with van der Waals surface area (Å²) < 4.78 is 10.6. The number of aryl methyl sites for hydroxylation is 2. The minimum absolute atomic E-state index is 0.0446. The van der Waals surface area contributed by atoms with Gasteiger partial charge < -0.3 is 14.4 Å². The topological polar surface area (TPSA) is 38.8 Å². The van der Waals surface area contributed by atoms with E-state index in [0.29, 0.717) is 18.0 Å². The van der Waals surface area contributed by atoms with E-state index >= 15 is 0 Å². The van der Waals surface area contributed by atoms with Crippen LogP contribution in [0.5, 0.6) is 11.5 Å². The Kier molecular flexibility index (Phi) is 5.27. The molecule has 1 amide bonds. The molecule has 4 nitrogen and oxygen atoms in total. The van der Waals surface area contributed by atoms with Crippen LogP contribution in [-0.4, -0.2) is 32.1 Å². The maximum absolute atomic E-state index is 12.8. The number of fused-ring (bicyclic) bond motifs is 1. The molecule has 1 aliphatic rings. The molecule has 2 aromatic carbocycles. The van der Waals surface area contributed by atoms with Gasteiger partial charge in [0.1, 0.15) is 0 Å². The van der Waals surface area contributed by atoms with E-state index in [0.717, 1.165) is 24.0 Å². The highest BCUT2D eigenvalue weighted by Gasteiger charge is 2.16. The summed E-state index contributed by atoms with van der Waals surface area (Å²) in [4.78, 5) is 14.5. The normalized spacial score (nSPS) is 13.1. The Bertz CT molecular complexity index is 770. The average Bonchev–Trinajstić information content (AvgIpc) is 2.66. The van der Waals surface area contributed by atoms with E-state index in [1.165, 1.54) is 24.0 Å². The summed E-state index contributed by atoms with van der Waals surface area (Å²) in [5.41, 5.74) is 4.50. The van der Waals surface area contributed by atoms with Gasteiger partial charge in [-0.2, -0.15) is 0 Å². The highest BCUT2D eigenvalue weighted by molar-refractivity contribution is 5.94. The summed E-state index contributed by atoms with van der Waals surface area (Å²) in [6.07, 6.45) is 4.67. The van der Waals surface area contributed by atoms with Crippen LogP contribution in [0, 0.1) is 0 Å². The molecule has 0 saturated heterocycles. The molecule has 3 rings (SSSR count). The zero-order valence-corrected chi connectivity index (χ0v) is 15.2. The number of methoxy groups -OCH3 is 2. The van der Waals surface area contributed by atoms with E-state index in [-0.39, 0.29) is 5.91 Å². The highest BCUT2D eigenvalue weighted by Crippen LogP contribution is 2.28. The van der Waals surface area contributed by atoms with Crippen LogP contribution in [0.25, 0.3) is 0 Å². The molecular weight excluding hydrogens is 314 g/mol. The molecule has 0 N–H and O–H groups in total. The van der Waals surface area contributed by atoms with Gasteiger partial charge >= 0.3 is 0 Å². The van der Waals surface area contributed by atoms with Crippen molar-refractivity contribution in [2.24, 2.45) is 0 Å². The zero-order valence-electron chi connectivity index (χ0n) is 15.2. The standard InChI is InChI=1S/C21H25NO3/c1-22(14-15-8-11-19(24-2)20(12-15)25-3)21(23)18-10-9-16-6-4-5-7-17(16)13-18/h8-13H,4-7,14H2,1-3H3. The van der Waals surface area contributed by atoms with Gasteiger partial charge in [0.05, 0.1) is 14.2 Å². The van der Waals surface area contributed by atoms with Crippen LogP contribution >= 0.6 is 0 Å². The predicted octanol–water partition coefficient (Wildman–Crippen LogP) is 3.85. The van der Waals surface area contributed by atoms with Crippen molar-refractivity contribution in [1.29, 1.82) is 0 Å². The molecule has 0 fully saturated rings. The van der Waals surface area contributed by atoms with Crippen LogP contribution in [0.3, 0.4) is 0 Å². The molecule has 1 aliphatic carbocycles. The van der Waals surface area contributed by atoms with Crippen molar-refractivity contribution in [2.75, 3.05) is 21.3 Å². The lowest BCUT2D eigenvalue weighted by atomic mass is 9.90. The molecule has 0 radical (unpaired) electrons. The van der Waals surface area contributed by atoms with Crippen molar-refractivity contribution in [2.45, 2.75) is 32.2 Å². The SMILES string of the molecule is COc1ccc(CN(C)C(=O)c2ccc3c(c2)CCCC3)cc1OC. The van der Waals surface area contributed by atoms with Crippen LogP contribution in [-0.2, 0) is 19.4 Å². The van der Waals surface area contributed by atoms with Gasteiger partial charge in [-0.05, 0) is 66.6 Å². The molecule has 25 heavy (non-hydrogen) atoms. The van der Waals surface area contributed by atoms with Crippen molar-refractivity contribution < 1.29 is 14.3 Å². The Morgan fingerprint density at radius 2 is 1.68 bits per heavy atom. The number of carbonyl (C=O) groups excluding carboxylic acids is 1. The van der Waals surface area contributed by atoms with Crippen molar-refractivity contribution in [3.05, 3.63) is 58.7 Å². The molecular formula is C21H25NO3. The summed E-state index contributed by atoms with van der Waals surface area (Å²) in [6, 6.07) is 11.9. The van der Waals surface area contributed by atoms with Gasteiger partial charge in [-0.1, -0.05) is 12.1 Å². The van der Waals surface area contributed by atoms with E-state index in [9.17, 15) is 4.79 Å². The first-order chi connectivity index (χ1) is 12.1. The number of amides is 1. The lowest BCUT2D eigenvalue weighted by Gasteiger charge is -2.20. The van der Waals surface area contributed by atoms with Gasteiger partial charge in [0.15, 0.2) is 11.5 Å². The fourth-order valence-corrected chi connectivity index (χ4v) is 3.41. The Balaban J connectivity index is 1.74. The van der Waals surface area contributed by atoms with Crippen LogP contribution in [0.2, 0.25) is 0 Å². The number of rotatable bonds is 5. The Morgan fingerprint density at radius 1 is 0.960 bits per heavy atom. The van der Waals surface area contributed by atoms with Crippen molar-refractivity contribution in [3.63, 3.8) is 0 Å². The molecule has 0 aliphatic heterocycles. The molecule has 0 saturated carbocycles. The fourth-order valence-electron chi connectivity index (χ4n) is 3.41. The monoisotopic (exact) mass is 339 g/mol. The Morgan fingerprint density at radius 3 is 2.40 bits per heavy atom. The molecule has 132 valence electrons. The molecule has 2 aromatic rings. The van der Waals surface area contributed by atoms with Crippen LogP contribution < -0.4 is 9.47 Å². The van der Waals surface area contributed by atoms with Gasteiger partial charge in [-0.25, -0.2) is 0 Å². The minimum atomic E-state index is 0.0446. The van der Waals surface area contributed by atoms with Crippen molar-refractivity contribution in [3.8, 4) is 11.5 Å². The predicted molar refractivity (Wildman–Crippen MR) is 98.4 cm³/mol. The van der Waals surface area contributed by atoms with Gasteiger partial charge in [0, 0.05) is 19.2 Å². The maximum atomic E-state index is 12.8. The molecule has 0 unspecified atom stereocenters. The summed E-state index contributed by atoms with van der Waals surface area (Å²) in [7, 11) is 5.06. The second-order valence-electron chi connectivity index (χ2n) is 6.54. The minimum Gasteiger partial charge on any atom is -0.493 e. The molecule has 0 atom stereocenters. The molecule has 4 heteroatoms. The second-order valence-corrected chi connectivity index (χ2v) is 6.54. The van der Waals surface area contributed by atoms with Crippen LogP contribution in [0.15, 0.2) is 36.4 Å². The second kappa shape index (κ2) is 7.60. The zero-order chi connectivity index (χ0) is 17.8. The van der Waals surface area contributed by atoms with Gasteiger partial charge in [0.2, 0.25) is 0 Å². The molecule has 0 heterocycles. The third-order valence-corrected chi connectivity index (χ3v) is 4.81. The molecule has 0 aromatic heterocycles. The summed E-state index contributed by atoms with van der Waals surface area (Å²) in [5.74, 6) is 1.41. The number of nitrogens with zero attached hydrogens (tertiary/aromatic N) is 1. The van der Waals surface area contributed by atoms with Gasteiger partial charge in [-0.3, -0.25) is 4.79 Å². The number of hydrogen-bond acceptors (Lipinski definition) is 3. The summed E-state index contributed by atoms with van der Waals surface area (Å²) in [5, 5.41) is 0. The van der Waals surface area contributed by atoms with Crippen LogP contribution in [0.1, 0.15) is 39.9 Å². The summed E-state index contributed by atoms with van der Waals surface area (Å²) in [6.45, 7) is 0.524. The highest BCUT2D eigenvalue weighted by atomic mass is 16.5. The first kappa shape index (κ1) is 17.3. The fraction of sp³-hybridized carbons (Fsp3) is 0.381. The quantitative estimate of drug-likeness (QED) is 0.830. The third-order valence-electron chi connectivity index (χ3n) is 4.81. The van der Waals surface area contributed by atoms with Crippen LogP contribution in [0.4, 0.5) is 0 Å². The molecule has 0 bridgehead atoms. The molecule has 0 spiro atoms. The number of ether oxygens (including phenoxy) is 2. The number of benzene rings is 2. The first-order valence-corrected chi connectivity index (χ1v) is 8.70. The first-order valence-electron chi connectivity index (χ1n) is 8.70. The van der Waals surface area contributed by atoms with Gasteiger partial charge in [-0.15, -0.1) is 0 Å². The van der Waals surface area contributed by atoms with E-state index in [1.807, 2.05) is 31.3 Å². The van der Waals surface area contributed by atoms with E-state index in [2.05, 4.69) is 12.1 Å². The largest absolute Gasteiger partial charge is 0.493 e. The smallest absolute Gasteiger partial charge is 0.253 e. The van der Waals surface area contributed by atoms with Crippen molar-refractivity contribution in [1.82, 2.24) is 4.90 Å². The van der Waals surface area contributed by atoms with E-state index in [1.54, 1.807) is 19.1 Å². The van der Waals surface area contributed by atoms with Crippen molar-refractivity contribution >= 4 is 5.91 Å². The number of hydrogen-bond donors (Lipinski definition) is 0.